The molecule has 0 atom stereocenters. The molecule has 4 heteroatoms. The van der Waals surface area contributed by atoms with Crippen LogP contribution in [0.4, 0.5) is 8.78 Å². The summed E-state index contributed by atoms with van der Waals surface area (Å²) in [5.41, 5.74) is 0. The highest BCUT2D eigenvalue weighted by Gasteiger charge is 2.27. The average Bonchev–Trinajstić information content (AvgIpc) is 2.04. The van der Waals surface area contributed by atoms with Gasteiger partial charge in [0.1, 0.15) is 6.61 Å². The van der Waals surface area contributed by atoms with Crippen LogP contribution in [0, 0.1) is 0 Å². The molecule has 2 nitrogen and oxygen atoms in total. The second-order valence-corrected chi connectivity index (χ2v) is 2.87. The van der Waals surface area contributed by atoms with Gasteiger partial charge in [0.15, 0.2) is 0 Å². The first-order valence-corrected chi connectivity index (χ1v) is 4.33. The van der Waals surface area contributed by atoms with Crippen molar-refractivity contribution in [3.05, 3.63) is 12.7 Å². The zero-order valence-electron chi connectivity index (χ0n) is 7.98. The Hall–Kier alpha value is -0.480. The predicted octanol–water partition coefficient (Wildman–Crippen LogP) is 1.82. The predicted molar refractivity (Wildman–Crippen MR) is 49.1 cm³/mol. The Kier molecular flexibility index (Phi) is 6.72. The van der Waals surface area contributed by atoms with Gasteiger partial charge in [-0.25, -0.2) is 8.78 Å². The third-order valence-electron chi connectivity index (χ3n) is 1.45. The molecule has 0 rings (SSSR count). The van der Waals surface area contributed by atoms with E-state index < -0.39 is 12.5 Å². The van der Waals surface area contributed by atoms with Gasteiger partial charge in [-0.15, -0.1) is 6.58 Å². The highest BCUT2D eigenvalue weighted by molar-refractivity contribution is 4.68. The molecule has 0 aliphatic carbocycles. The number of alkyl halides is 2. The fourth-order valence-electron chi connectivity index (χ4n) is 0.861. The fraction of sp³-hybridized carbons (Fsp3) is 0.778. The number of halogens is 2. The maximum absolute atomic E-state index is 12.7. The summed E-state index contributed by atoms with van der Waals surface area (Å²) in [6, 6.07) is 0. The SMILES string of the molecule is C=CCCCOCC(F)(F)CNC. The number of ether oxygens (including phenoxy) is 1. The number of nitrogens with one attached hydrogen (secondary N) is 1. The summed E-state index contributed by atoms with van der Waals surface area (Å²) in [6.45, 7) is 3.04. The summed E-state index contributed by atoms with van der Waals surface area (Å²) in [5, 5.41) is 2.41. The molecule has 0 aromatic carbocycles. The van der Waals surface area contributed by atoms with Crippen molar-refractivity contribution in [1.29, 1.82) is 0 Å². The van der Waals surface area contributed by atoms with Crippen LogP contribution in [-0.4, -0.2) is 32.7 Å². The van der Waals surface area contributed by atoms with E-state index in [1.54, 1.807) is 6.08 Å². The minimum absolute atomic E-state index is 0.339. The Balaban J connectivity index is 3.34. The number of rotatable bonds is 8. The number of hydrogen-bond donors (Lipinski definition) is 1. The molecule has 0 bridgehead atoms. The van der Waals surface area contributed by atoms with Gasteiger partial charge in [-0.3, -0.25) is 0 Å². The smallest absolute Gasteiger partial charge is 0.283 e. The maximum Gasteiger partial charge on any atom is 0.283 e. The molecule has 0 unspecified atom stereocenters. The van der Waals surface area contributed by atoms with E-state index in [0.29, 0.717) is 6.61 Å². The van der Waals surface area contributed by atoms with E-state index in [2.05, 4.69) is 11.9 Å². The summed E-state index contributed by atoms with van der Waals surface area (Å²) >= 11 is 0. The average molecular weight is 193 g/mol. The zero-order chi connectivity index (χ0) is 10.2. The lowest BCUT2D eigenvalue weighted by atomic mass is 10.3. The lowest BCUT2D eigenvalue weighted by Crippen LogP contribution is -2.35. The van der Waals surface area contributed by atoms with E-state index in [1.807, 2.05) is 0 Å². The summed E-state index contributed by atoms with van der Waals surface area (Å²) in [5.74, 6) is -2.76. The molecule has 0 saturated carbocycles. The van der Waals surface area contributed by atoms with Crippen LogP contribution < -0.4 is 5.32 Å². The van der Waals surface area contributed by atoms with E-state index in [9.17, 15) is 8.78 Å². The third kappa shape index (κ3) is 7.87. The van der Waals surface area contributed by atoms with Crippen molar-refractivity contribution in [2.24, 2.45) is 0 Å². The van der Waals surface area contributed by atoms with Crippen LogP contribution in [0.25, 0.3) is 0 Å². The lowest BCUT2D eigenvalue weighted by Gasteiger charge is -2.15. The van der Waals surface area contributed by atoms with E-state index in [0.717, 1.165) is 12.8 Å². The maximum atomic E-state index is 12.7. The molecular formula is C9H17F2NO. The van der Waals surface area contributed by atoms with Gasteiger partial charge >= 0.3 is 0 Å². The molecule has 0 spiro atoms. The standard InChI is InChI=1S/C9H17F2NO/c1-3-4-5-6-13-8-9(10,11)7-12-2/h3,12H,1,4-8H2,2H3. The van der Waals surface area contributed by atoms with Gasteiger partial charge in [-0.05, 0) is 19.9 Å². The first-order valence-electron chi connectivity index (χ1n) is 4.33. The number of unbranched alkanes of at least 4 members (excludes halogenated alkanes) is 1. The van der Waals surface area contributed by atoms with Gasteiger partial charge in [-0.1, -0.05) is 6.08 Å². The van der Waals surface area contributed by atoms with Crippen molar-refractivity contribution in [3.8, 4) is 0 Å². The molecule has 0 fully saturated rings. The minimum Gasteiger partial charge on any atom is -0.375 e. The van der Waals surface area contributed by atoms with E-state index in [-0.39, 0.29) is 6.54 Å². The largest absolute Gasteiger partial charge is 0.375 e. The van der Waals surface area contributed by atoms with Crippen LogP contribution in [0.3, 0.4) is 0 Å². The summed E-state index contributed by atoms with van der Waals surface area (Å²) in [7, 11) is 1.49. The van der Waals surface area contributed by atoms with Gasteiger partial charge in [0.25, 0.3) is 5.92 Å². The highest BCUT2D eigenvalue weighted by atomic mass is 19.3. The van der Waals surface area contributed by atoms with Crippen molar-refractivity contribution in [3.63, 3.8) is 0 Å². The molecular weight excluding hydrogens is 176 g/mol. The van der Waals surface area contributed by atoms with Gasteiger partial charge in [0, 0.05) is 6.61 Å². The second-order valence-electron chi connectivity index (χ2n) is 2.87. The van der Waals surface area contributed by atoms with E-state index in [4.69, 9.17) is 4.74 Å². The van der Waals surface area contributed by atoms with Gasteiger partial charge in [0.2, 0.25) is 0 Å². The van der Waals surface area contributed by atoms with Crippen molar-refractivity contribution < 1.29 is 13.5 Å². The zero-order valence-corrected chi connectivity index (χ0v) is 7.98. The normalized spacial score (nSPS) is 11.6. The molecule has 0 aliphatic rings. The Morgan fingerprint density at radius 1 is 1.54 bits per heavy atom. The van der Waals surface area contributed by atoms with Gasteiger partial charge < -0.3 is 10.1 Å². The number of hydrogen-bond acceptors (Lipinski definition) is 2. The van der Waals surface area contributed by atoms with Crippen molar-refractivity contribution in [2.45, 2.75) is 18.8 Å². The second kappa shape index (κ2) is 6.97. The Bertz CT molecular complexity index is 140. The molecule has 1 N–H and O–H groups in total. The van der Waals surface area contributed by atoms with Crippen molar-refractivity contribution >= 4 is 0 Å². The van der Waals surface area contributed by atoms with Crippen molar-refractivity contribution in [1.82, 2.24) is 5.32 Å². The van der Waals surface area contributed by atoms with Crippen LogP contribution in [0.15, 0.2) is 12.7 Å². The van der Waals surface area contributed by atoms with Crippen LogP contribution in [0.1, 0.15) is 12.8 Å². The Labute approximate surface area is 78.0 Å². The number of allylic oxidation sites excluding steroid dienone is 1. The topological polar surface area (TPSA) is 21.3 Å². The van der Waals surface area contributed by atoms with Gasteiger partial charge in [0.05, 0.1) is 6.54 Å². The Morgan fingerprint density at radius 3 is 2.77 bits per heavy atom. The highest BCUT2D eigenvalue weighted by Crippen LogP contribution is 2.12. The Morgan fingerprint density at radius 2 is 2.23 bits per heavy atom. The molecule has 0 aromatic rings. The quantitative estimate of drug-likeness (QED) is 0.469. The molecule has 0 amide bonds. The monoisotopic (exact) mass is 193 g/mol. The lowest BCUT2D eigenvalue weighted by molar-refractivity contribution is -0.0738. The molecule has 13 heavy (non-hydrogen) atoms. The molecule has 0 heterocycles. The van der Waals surface area contributed by atoms with Crippen LogP contribution in [-0.2, 0) is 4.74 Å². The summed E-state index contributed by atoms with van der Waals surface area (Å²) < 4.78 is 30.3. The molecule has 0 radical (unpaired) electrons. The van der Waals surface area contributed by atoms with Crippen LogP contribution in [0.2, 0.25) is 0 Å². The fourth-order valence-corrected chi connectivity index (χ4v) is 0.861. The third-order valence-corrected chi connectivity index (χ3v) is 1.45. The first-order chi connectivity index (χ1) is 6.12. The van der Waals surface area contributed by atoms with Crippen LogP contribution >= 0.6 is 0 Å². The first kappa shape index (κ1) is 12.5. The molecule has 0 aromatic heterocycles. The molecule has 78 valence electrons. The van der Waals surface area contributed by atoms with Gasteiger partial charge in [-0.2, -0.15) is 0 Å². The van der Waals surface area contributed by atoms with Crippen molar-refractivity contribution in [2.75, 3.05) is 26.8 Å². The molecule has 0 aliphatic heterocycles. The van der Waals surface area contributed by atoms with E-state index >= 15 is 0 Å². The molecule has 0 saturated heterocycles. The minimum atomic E-state index is -2.76. The summed E-state index contributed by atoms with van der Waals surface area (Å²) in [6.07, 6.45) is 3.30. The summed E-state index contributed by atoms with van der Waals surface area (Å²) in [4.78, 5) is 0. The van der Waals surface area contributed by atoms with Crippen LogP contribution in [0.5, 0.6) is 0 Å². The van der Waals surface area contributed by atoms with E-state index in [1.165, 1.54) is 7.05 Å².